The average molecular weight is 408 g/mol. The summed E-state index contributed by atoms with van der Waals surface area (Å²) in [6.45, 7) is 0. The van der Waals surface area contributed by atoms with Crippen LogP contribution < -0.4 is 0 Å². The molecule has 150 valence electrons. The zero-order valence-electron chi connectivity index (χ0n) is 16.3. The third-order valence-electron chi connectivity index (χ3n) is 5.64. The molecule has 7 nitrogen and oxygen atoms in total. The normalized spacial score (nSPS) is 21.9. The summed E-state index contributed by atoms with van der Waals surface area (Å²) in [6, 6.07) is 25.4. The number of carbonyl (C=O) groups excluding carboxylic acids is 2. The van der Waals surface area contributed by atoms with Gasteiger partial charge in [0, 0.05) is 5.56 Å². The lowest BCUT2D eigenvalue weighted by molar-refractivity contribution is 0.0334. The molecule has 0 radical (unpaired) electrons. The molecule has 7 heteroatoms. The summed E-state index contributed by atoms with van der Waals surface area (Å²) in [5, 5.41) is 11.4. The van der Waals surface area contributed by atoms with E-state index in [0.29, 0.717) is 22.9 Å². The minimum Gasteiger partial charge on any atom is -0.419 e. The molecule has 1 saturated heterocycles. The molecule has 6 rings (SSSR count). The maximum atomic E-state index is 13.1. The lowest BCUT2D eigenvalue weighted by Gasteiger charge is -2.16. The third-order valence-corrected chi connectivity index (χ3v) is 5.64. The number of carbonyl (C=O) groups is 2. The van der Waals surface area contributed by atoms with Crippen LogP contribution >= 0.6 is 0 Å². The van der Waals surface area contributed by atoms with Crippen molar-refractivity contribution in [3.63, 3.8) is 0 Å². The second-order valence-electron chi connectivity index (χ2n) is 7.46. The van der Waals surface area contributed by atoms with E-state index in [4.69, 9.17) is 4.42 Å². The van der Waals surface area contributed by atoms with Crippen molar-refractivity contribution in [2.45, 2.75) is 12.1 Å². The molecule has 2 aliphatic rings. The van der Waals surface area contributed by atoms with Gasteiger partial charge in [-0.3, -0.25) is 9.59 Å². The third kappa shape index (κ3) is 2.71. The standard InChI is InChI=1S/C24H16N4O3/c29-23-17-13-7-8-14-18(17)24(30)28(23)27-19(15-9-3-1-4-10-15)20(27)22-26-25-21(31-22)16-11-5-2-6-12-16/h1-14,19-20H. The van der Waals surface area contributed by atoms with Crippen LogP contribution in [0, 0.1) is 0 Å². The summed E-state index contributed by atoms with van der Waals surface area (Å²) in [6.07, 6.45) is 0. The number of amides is 2. The van der Waals surface area contributed by atoms with Crippen LogP contribution in [0.1, 0.15) is 44.3 Å². The molecule has 0 saturated carbocycles. The SMILES string of the molecule is O=C1c2ccccc2C(=O)N1N1C(c2ccccc2)C1c1nnc(-c2ccccc2)o1. The molecule has 2 aliphatic heterocycles. The van der Waals surface area contributed by atoms with Crippen molar-refractivity contribution in [3.8, 4) is 11.5 Å². The van der Waals surface area contributed by atoms with Crippen molar-refractivity contribution in [2.24, 2.45) is 0 Å². The van der Waals surface area contributed by atoms with Gasteiger partial charge < -0.3 is 4.42 Å². The van der Waals surface area contributed by atoms with Crippen LogP contribution in [0.3, 0.4) is 0 Å². The number of benzene rings is 3. The molecule has 3 heterocycles. The Kier molecular flexibility index (Phi) is 3.84. The van der Waals surface area contributed by atoms with Crippen LogP contribution in [0.4, 0.5) is 0 Å². The van der Waals surface area contributed by atoms with Crippen LogP contribution in [0.2, 0.25) is 0 Å². The number of hydrazine groups is 1. The van der Waals surface area contributed by atoms with E-state index < -0.39 is 6.04 Å². The monoisotopic (exact) mass is 408 g/mol. The van der Waals surface area contributed by atoms with Gasteiger partial charge in [0.25, 0.3) is 11.8 Å². The second-order valence-corrected chi connectivity index (χ2v) is 7.46. The van der Waals surface area contributed by atoms with Crippen LogP contribution in [0.25, 0.3) is 11.5 Å². The Morgan fingerprint density at radius 3 is 1.90 bits per heavy atom. The molecule has 3 unspecified atom stereocenters. The highest BCUT2D eigenvalue weighted by Crippen LogP contribution is 2.56. The molecule has 0 bridgehead atoms. The molecule has 31 heavy (non-hydrogen) atoms. The van der Waals surface area contributed by atoms with Gasteiger partial charge in [-0.05, 0) is 29.8 Å². The molecule has 0 spiro atoms. The number of nitrogens with zero attached hydrogens (tertiary/aromatic N) is 4. The largest absolute Gasteiger partial charge is 0.419 e. The summed E-state index contributed by atoms with van der Waals surface area (Å²) in [5.41, 5.74) is 2.58. The van der Waals surface area contributed by atoms with Crippen molar-refractivity contribution in [3.05, 3.63) is 108 Å². The number of imide groups is 1. The van der Waals surface area contributed by atoms with Gasteiger partial charge in [-0.25, -0.2) is 5.01 Å². The van der Waals surface area contributed by atoms with E-state index in [0.717, 1.165) is 11.1 Å². The summed E-state index contributed by atoms with van der Waals surface area (Å²) < 4.78 is 5.97. The average Bonchev–Trinajstić information content (AvgIpc) is 3.23. The smallest absolute Gasteiger partial charge is 0.276 e. The maximum Gasteiger partial charge on any atom is 0.276 e. The molecular formula is C24H16N4O3. The fourth-order valence-electron chi connectivity index (χ4n) is 4.14. The minimum atomic E-state index is -0.408. The van der Waals surface area contributed by atoms with E-state index in [1.807, 2.05) is 60.7 Å². The molecule has 4 aromatic rings. The van der Waals surface area contributed by atoms with Crippen molar-refractivity contribution in [1.82, 2.24) is 20.2 Å². The lowest BCUT2D eigenvalue weighted by atomic mass is 10.1. The van der Waals surface area contributed by atoms with Gasteiger partial charge in [-0.2, -0.15) is 5.01 Å². The maximum absolute atomic E-state index is 13.1. The zero-order valence-corrected chi connectivity index (χ0v) is 16.3. The number of hydrogen-bond acceptors (Lipinski definition) is 6. The molecule has 1 aromatic heterocycles. The molecule has 0 N–H and O–H groups in total. The topological polar surface area (TPSA) is 79.3 Å². The highest BCUT2D eigenvalue weighted by Gasteiger charge is 2.60. The van der Waals surface area contributed by atoms with Gasteiger partial charge >= 0.3 is 0 Å². The van der Waals surface area contributed by atoms with Crippen molar-refractivity contribution in [1.29, 1.82) is 0 Å². The molecule has 1 fully saturated rings. The van der Waals surface area contributed by atoms with E-state index in [9.17, 15) is 9.59 Å². The minimum absolute atomic E-state index is 0.257. The quantitative estimate of drug-likeness (QED) is 0.374. The van der Waals surface area contributed by atoms with Gasteiger partial charge in [-0.15, -0.1) is 10.2 Å². The predicted molar refractivity (Wildman–Crippen MR) is 110 cm³/mol. The Labute approximate surface area is 177 Å². The van der Waals surface area contributed by atoms with Crippen LogP contribution in [0.5, 0.6) is 0 Å². The summed E-state index contributed by atoms with van der Waals surface area (Å²) in [7, 11) is 0. The Balaban J connectivity index is 1.39. The van der Waals surface area contributed by atoms with Gasteiger partial charge in [0.1, 0.15) is 6.04 Å². The number of aromatic nitrogens is 2. The summed E-state index contributed by atoms with van der Waals surface area (Å²) in [5.74, 6) is 0.0829. The fourth-order valence-corrected chi connectivity index (χ4v) is 4.14. The molecule has 0 aliphatic carbocycles. The van der Waals surface area contributed by atoms with E-state index in [1.165, 1.54) is 5.01 Å². The van der Waals surface area contributed by atoms with Crippen LogP contribution in [-0.2, 0) is 0 Å². The highest BCUT2D eigenvalue weighted by atomic mass is 16.4. The van der Waals surface area contributed by atoms with Crippen LogP contribution in [0.15, 0.2) is 89.3 Å². The first-order chi connectivity index (χ1) is 15.2. The first kappa shape index (κ1) is 17.7. The van der Waals surface area contributed by atoms with E-state index in [-0.39, 0.29) is 17.9 Å². The Morgan fingerprint density at radius 1 is 0.677 bits per heavy atom. The summed E-state index contributed by atoms with van der Waals surface area (Å²) >= 11 is 0. The highest BCUT2D eigenvalue weighted by molar-refractivity contribution is 6.21. The molecule has 3 aromatic carbocycles. The molecule has 3 atom stereocenters. The number of fused-ring (bicyclic) bond motifs is 1. The van der Waals surface area contributed by atoms with Gasteiger partial charge in [0.2, 0.25) is 11.8 Å². The second kappa shape index (κ2) is 6.72. The van der Waals surface area contributed by atoms with Gasteiger partial charge in [-0.1, -0.05) is 60.7 Å². The number of hydrogen-bond donors (Lipinski definition) is 0. The first-order valence-electron chi connectivity index (χ1n) is 9.94. The number of rotatable bonds is 4. The van der Waals surface area contributed by atoms with E-state index >= 15 is 0 Å². The Hall–Kier alpha value is -4.10. The van der Waals surface area contributed by atoms with E-state index in [2.05, 4.69) is 10.2 Å². The van der Waals surface area contributed by atoms with Crippen LogP contribution in [-0.4, -0.2) is 32.0 Å². The zero-order chi connectivity index (χ0) is 20.9. The van der Waals surface area contributed by atoms with Crippen molar-refractivity contribution < 1.29 is 14.0 Å². The predicted octanol–water partition coefficient (Wildman–Crippen LogP) is 4.05. The fraction of sp³-hybridized carbons (Fsp3) is 0.0833. The Bertz CT molecular complexity index is 1270. The lowest BCUT2D eigenvalue weighted by Crippen LogP contribution is -2.35. The molecule has 2 amide bonds. The summed E-state index contributed by atoms with van der Waals surface area (Å²) in [4.78, 5) is 26.1. The first-order valence-corrected chi connectivity index (χ1v) is 9.94. The van der Waals surface area contributed by atoms with Gasteiger partial charge in [0.15, 0.2) is 0 Å². The molecular weight excluding hydrogens is 392 g/mol. The van der Waals surface area contributed by atoms with Gasteiger partial charge in [0.05, 0.1) is 17.2 Å². The van der Waals surface area contributed by atoms with Crippen molar-refractivity contribution >= 4 is 11.8 Å². The van der Waals surface area contributed by atoms with E-state index in [1.54, 1.807) is 29.3 Å². The van der Waals surface area contributed by atoms with Crippen molar-refractivity contribution in [2.75, 3.05) is 0 Å². The Morgan fingerprint density at radius 2 is 1.26 bits per heavy atom.